The van der Waals surface area contributed by atoms with Crippen LogP contribution >= 0.6 is 0 Å². The maximum Gasteiger partial charge on any atom is 0.231 e. The molecule has 2 rings (SSSR count). The molecule has 0 aliphatic rings. The van der Waals surface area contributed by atoms with E-state index in [0.717, 1.165) is 0 Å². The molecule has 2 aromatic heterocycles. The minimum absolute atomic E-state index is 0.110. The van der Waals surface area contributed by atoms with E-state index in [1.54, 1.807) is 19.2 Å². The molecule has 20 heavy (non-hydrogen) atoms. The molecule has 0 radical (unpaired) electrons. The Morgan fingerprint density at radius 1 is 1.40 bits per heavy atom. The number of carbonyl (C=O) groups is 1. The van der Waals surface area contributed by atoms with Gasteiger partial charge in [-0.3, -0.25) is 10.1 Å². The van der Waals surface area contributed by atoms with Crippen molar-refractivity contribution in [2.24, 2.45) is 5.92 Å². The maximum absolute atomic E-state index is 11.6. The number of hydrogen-bond acceptors (Lipinski definition) is 5. The fraction of sp³-hybridized carbons (Fsp3) is 0.500. The molecular weight excluding hydrogens is 258 g/mol. The molecule has 2 heterocycles. The van der Waals surface area contributed by atoms with E-state index in [2.05, 4.69) is 15.5 Å². The molecule has 0 aliphatic carbocycles. The van der Waals surface area contributed by atoms with E-state index in [4.69, 9.17) is 8.94 Å². The fourth-order valence-corrected chi connectivity index (χ4v) is 1.67. The van der Waals surface area contributed by atoms with Gasteiger partial charge in [-0.05, 0) is 13.8 Å². The molecule has 0 atom stereocenters. The predicted molar refractivity (Wildman–Crippen MR) is 73.3 cm³/mol. The quantitative estimate of drug-likeness (QED) is 0.929. The lowest BCUT2D eigenvalue weighted by Gasteiger charge is -2.17. The van der Waals surface area contributed by atoms with Crippen molar-refractivity contribution in [2.75, 3.05) is 5.32 Å². The molecular formula is C14H19N3O3. The van der Waals surface area contributed by atoms with E-state index >= 15 is 0 Å². The second-order valence-corrected chi connectivity index (χ2v) is 5.59. The number of oxazole rings is 1. The Hall–Kier alpha value is -2.11. The van der Waals surface area contributed by atoms with E-state index in [9.17, 15) is 4.79 Å². The lowest BCUT2D eigenvalue weighted by molar-refractivity contribution is -0.119. The standard InChI is InChI=1S/C14H19N3O3/c1-8(2)13(18)16-12-6-10(17-20-12)14(4,5)11-7-15-9(3)19-11/h6-8H,1-5H3,(H,16,18). The number of anilines is 1. The van der Waals surface area contributed by atoms with Crippen molar-refractivity contribution >= 4 is 11.8 Å². The summed E-state index contributed by atoms with van der Waals surface area (Å²) in [5.74, 6) is 1.41. The number of nitrogens with zero attached hydrogens (tertiary/aromatic N) is 2. The van der Waals surface area contributed by atoms with Crippen LogP contribution in [0.15, 0.2) is 21.2 Å². The highest BCUT2D eigenvalue weighted by Crippen LogP contribution is 2.32. The largest absolute Gasteiger partial charge is 0.445 e. The van der Waals surface area contributed by atoms with Crippen LogP contribution in [0.3, 0.4) is 0 Å². The molecule has 0 saturated heterocycles. The zero-order valence-corrected chi connectivity index (χ0v) is 12.4. The number of aromatic nitrogens is 2. The first-order valence-electron chi connectivity index (χ1n) is 6.51. The van der Waals surface area contributed by atoms with Crippen molar-refractivity contribution in [3.8, 4) is 0 Å². The molecule has 6 heteroatoms. The van der Waals surface area contributed by atoms with E-state index in [0.29, 0.717) is 23.2 Å². The van der Waals surface area contributed by atoms with Crippen LogP contribution in [0.4, 0.5) is 5.88 Å². The highest BCUT2D eigenvalue weighted by Gasteiger charge is 2.31. The number of amides is 1. The molecule has 0 spiro atoms. The third-order valence-corrected chi connectivity index (χ3v) is 3.16. The Balaban J connectivity index is 2.21. The molecule has 6 nitrogen and oxygen atoms in total. The number of carbonyl (C=O) groups excluding carboxylic acids is 1. The molecule has 0 saturated carbocycles. The second-order valence-electron chi connectivity index (χ2n) is 5.59. The number of rotatable bonds is 4. The number of aryl methyl sites for hydroxylation is 1. The summed E-state index contributed by atoms with van der Waals surface area (Å²) in [4.78, 5) is 15.7. The van der Waals surface area contributed by atoms with Crippen molar-refractivity contribution in [2.45, 2.75) is 40.0 Å². The van der Waals surface area contributed by atoms with Crippen LogP contribution < -0.4 is 5.32 Å². The number of nitrogens with one attached hydrogen (secondary N) is 1. The van der Waals surface area contributed by atoms with Gasteiger partial charge in [-0.25, -0.2) is 4.98 Å². The molecule has 0 unspecified atom stereocenters. The smallest absolute Gasteiger partial charge is 0.231 e. The van der Waals surface area contributed by atoms with Crippen LogP contribution in [0.5, 0.6) is 0 Å². The van der Waals surface area contributed by atoms with Gasteiger partial charge in [0.15, 0.2) is 5.89 Å². The second kappa shape index (κ2) is 5.11. The molecule has 0 fully saturated rings. The first-order valence-corrected chi connectivity index (χ1v) is 6.51. The van der Waals surface area contributed by atoms with Crippen LogP contribution in [0.25, 0.3) is 0 Å². The molecule has 1 amide bonds. The van der Waals surface area contributed by atoms with Crippen molar-refractivity contribution < 1.29 is 13.7 Å². The van der Waals surface area contributed by atoms with Gasteiger partial charge in [-0.15, -0.1) is 0 Å². The van der Waals surface area contributed by atoms with Crippen LogP contribution in [0, 0.1) is 12.8 Å². The van der Waals surface area contributed by atoms with E-state index < -0.39 is 5.41 Å². The Bertz CT molecular complexity index is 611. The van der Waals surface area contributed by atoms with E-state index in [1.807, 2.05) is 27.7 Å². The molecule has 0 aromatic carbocycles. The average Bonchev–Trinajstić information content (AvgIpc) is 2.98. The van der Waals surface area contributed by atoms with Gasteiger partial charge >= 0.3 is 0 Å². The summed E-state index contributed by atoms with van der Waals surface area (Å²) in [6.45, 7) is 9.33. The van der Waals surface area contributed by atoms with Gasteiger partial charge in [0.1, 0.15) is 5.76 Å². The van der Waals surface area contributed by atoms with Gasteiger partial charge in [-0.1, -0.05) is 19.0 Å². The number of hydrogen-bond donors (Lipinski definition) is 1. The summed E-state index contributed by atoms with van der Waals surface area (Å²) in [7, 11) is 0. The van der Waals surface area contributed by atoms with Crippen LogP contribution in [-0.2, 0) is 10.2 Å². The summed E-state index contributed by atoms with van der Waals surface area (Å²) in [6, 6.07) is 1.71. The van der Waals surface area contributed by atoms with Gasteiger partial charge < -0.3 is 8.94 Å². The van der Waals surface area contributed by atoms with Crippen molar-refractivity contribution in [3.05, 3.63) is 29.6 Å². The molecule has 108 valence electrons. The van der Waals surface area contributed by atoms with Gasteiger partial charge in [-0.2, -0.15) is 0 Å². The summed E-state index contributed by atoms with van der Waals surface area (Å²) < 4.78 is 10.7. The SMILES string of the molecule is Cc1ncc(C(C)(C)c2cc(NC(=O)C(C)C)on2)o1. The highest BCUT2D eigenvalue weighted by molar-refractivity contribution is 5.90. The normalized spacial score (nSPS) is 11.9. The molecule has 1 N–H and O–H groups in total. The van der Waals surface area contributed by atoms with Gasteiger partial charge in [0.2, 0.25) is 11.8 Å². The van der Waals surface area contributed by atoms with Crippen molar-refractivity contribution in [3.63, 3.8) is 0 Å². The average molecular weight is 277 g/mol. The Labute approximate surface area is 117 Å². The van der Waals surface area contributed by atoms with Crippen molar-refractivity contribution in [1.29, 1.82) is 0 Å². The lowest BCUT2D eigenvalue weighted by Crippen LogP contribution is -2.19. The summed E-state index contributed by atoms with van der Waals surface area (Å²) in [5.41, 5.74) is 0.193. The first-order chi connectivity index (χ1) is 9.30. The topological polar surface area (TPSA) is 81.2 Å². The summed E-state index contributed by atoms with van der Waals surface area (Å²) in [5, 5.41) is 6.68. The summed E-state index contributed by atoms with van der Waals surface area (Å²) >= 11 is 0. The molecule has 0 aliphatic heterocycles. The Morgan fingerprint density at radius 3 is 2.65 bits per heavy atom. The predicted octanol–water partition coefficient (Wildman–Crippen LogP) is 2.89. The molecule has 2 aromatic rings. The van der Waals surface area contributed by atoms with Crippen LogP contribution in [0.1, 0.15) is 45.0 Å². The lowest BCUT2D eigenvalue weighted by atomic mass is 9.87. The molecule has 0 bridgehead atoms. The third kappa shape index (κ3) is 2.74. The summed E-state index contributed by atoms with van der Waals surface area (Å²) in [6.07, 6.45) is 1.68. The van der Waals surface area contributed by atoms with Crippen LogP contribution in [0.2, 0.25) is 0 Å². The third-order valence-electron chi connectivity index (χ3n) is 3.16. The minimum atomic E-state index is -0.481. The highest BCUT2D eigenvalue weighted by atomic mass is 16.5. The Kier molecular flexibility index (Phi) is 3.65. The van der Waals surface area contributed by atoms with E-state index in [1.165, 1.54) is 0 Å². The van der Waals surface area contributed by atoms with Gasteiger partial charge in [0.05, 0.1) is 17.3 Å². The zero-order chi connectivity index (χ0) is 14.9. The minimum Gasteiger partial charge on any atom is -0.445 e. The fourth-order valence-electron chi connectivity index (χ4n) is 1.67. The van der Waals surface area contributed by atoms with E-state index in [-0.39, 0.29) is 11.8 Å². The van der Waals surface area contributed by atoms with Gasteiger partial charge in [0, 0.05) is 18.9 Å². The first kappa shape index (κ1) is 14.3. The van der Waals surface area contributed by atoms with Crippen molar-refractivity contribution in [1.82, 2.24) is 10.1 Å². The monoisotopic (exact) mass is 277 g/mol. The van der Waals surface area contributed by atoms with Crippen LogP contribution in [-0.4, -0.2) is 16.0 Å². The maximum atomic E-state index is 11.6. The zero-order valence-electron chi connectivity index (χ0n) is 12.4. The van der Waals surface area contributed by atoms with Gasteiger partial charge in [0.25, 0.3) is 0 Å². The Morgan fingerprint density at radius 2 is 2.10 bits per heavy atom.